The fraction of sp³-hybridized carbons (Fsp3) is 0.389. The molecule has 0 aliphatic carbocycles. The second-order valence-corrected chi connectivity index (χ2v) is 13.5. The first-order chi connectivity index (χ1) is 24.0. The number of carbonyl (C=O) groups is 6. The highest BCUT2D eigenvalue weighted by Gasteiger charge is 2.40. The molecule has 3 heterocycles. The van der Waals surface area contributed by atoms with Gasteiger partial charge in [0.2, 0.25) is 17.7 Å². The highest BCUT2D eigenvalue weighted by Crippen LogP contribution is 2.28. The number of aromatic nitrogens is 2. The molecular weight excluding hydrogens is 660 g/mol. The molecule has 0 saturated carbocycles. The van der Waals surface area contributed by atoms with Gasteiger partial charge in [0, 0.05) is 65.4 Å². The van der Waals surface area contributed by atoms with E-state index in [1.54, 1.807) is 6.20 Å². The van der Waals surface area contributed by atoms with Crippen LogP contribution in [0.25, 0.3) is 21.8 Å². The van der Waals surface area contributed by atoms with Crippen LogP contribution < -0.4 is 16.8 Å². The normalized spacial score (nSPS) is 16.6. The second-order valence-electron chi connectivity index (χ2n) is 13.5. The monoisotopic (exact) mass is 704 g/mol. The summed E-state index contributed by atoms with van der Waals surface area (Å²) in [6.45, 7) is 6.18. The van der Waals surface area contributed by atoms with Crippen LogP contribution in [0.1, 0.15) is 57.6 Å². The van der Waals surface area contributed by atoms with E-state index >= 15 is 0 Å². The summed E-state index contributed by atoms with van der Waals surface area (Å²) in [5.41, 5.74) is 14.3. The lowest BCUT2D eigenvalue weighted by molar-refractivity contribution is -0.161. The molecule has 51 heavy (non-hydrogen) atoms. The van der Waals surface area contributed by atoms with Crippen molar-refractivity contribution in [1.29, 1.82) is 0 Å². The summed E-state index contributed by atoms with van der Waals surface area (Å²) in [6, 6.07) is 10.8. The average Bonchev–Trinajstić information content (AvgIpc) is 3.66. The molecule has 272 valence electrons. The predicted molar refractivity (Wildman–Crippen MR) is 188 cm³/mol. The molecule has 0 bridgehead atoms. The molecule has 2 aromatic heterocycles. The van der Waals surface area contributed by atoms with Crippen molar-refractivity contribution in [3.63, 3.8) is 0 Å². The maximum atomic E-state index is 12.2. The van der Waals surface area contributed by atoms with Gasteiger partial charge in [-0.25, -0.2) is 9.59 Å². The van der Waals surface area contributed by atoms with E-state index in [2.05, 4.69) is 35.6 Å². The molecule has 1 saturated heterocycles. The van der Waals surface area contributed by atoms with Crippen LogP contribution in [-0.4, -0.2) is 89.6 Å². The molecule has 2 aromatic carbocycles. The maximum absolute atomic E-state index is 12.2. The van der Waals surface area contributed by atoms with Gasteiger partial charge in [0.15, 0.2) is 0 Å². The van der Waals surface area contributed by atoms with Crippen LogP contribution in [-0.2, 0) is 47.1 Å². The maximum Gasteiger partial charge on any atom is 0.327 e. The molecule has 1 aliphatic rings. The zero-order chi connectivity index (χ0) is 37.6. The molecule has 1 aliphatic heterocycles. The molecule has 9 N–H and O–H groups in total. The largest absolute Gasteiger partial charge is 0.480 e. The average molecular weight is 705 g/mol. The Morgan fingerprint density at radius 3 is 2.20 bits per heavy atom. The summed E-state index contributed by atoms with van der Waals surface area (Å²) in [4.78, 5) is 74.3. The molecule has 15 heteroatoms. The Morgan fingerprint density at radius 1 is 0.922 bits per heavy atom. The third kappa shape index (κ3) is 9.18. The summed E-state index contributed by atoms with van der Waals surface area (Å²) in [5.74, 6) is -5.20. The van der Waals surface area contributed by atoms with Gasteiger partial charge in [-0.15, -0.1) is 0 Å². The van der Waals surface area contributed by atoms with Crippen molar-refractivity contribution in [2.45, 2.75) is 89.0 Å². The fourth-order valence-corrected chi connectivity index (χ4v) is 6.01. The standard InChI is InChI=1S/C20H27N3O5.C16H17N3O4/c1-20(2,3)23-11-12(13-6-4-5-7-16(13)23)10-15(19(27)28)22-17(24)9-8-14(21)18(25)26;17-11-5-6-14(20)19(15(11)21)13(16(22)23)7-9-8-18-12-4-2-1-3-10(9)12/h4-7,11,14-15H,8-10,21H2,1-3H3,(H,22,24)(H,25,26)(H,27,28);1-4,8,11,13,18H,5-7,17H2,(H,22,23)/t14-,15-;11-,13-/m11/s1. The number of hydrogen-bond donors (Lipinski definition) is 7. The number of imide groups is 1. The van der Waals surface area contributed by atoms with Crippen LogP contribution in [0.2, 0.25) is 0 Å². The van der Waals surface area contributed by atoms with Gasteiger partial charge in [0.05, 0.1) is 6.04 Å². The van der Waals surface area contributed by atoms with E-state index in [1.807, 2.05) is 54.7 Å². The SMILES string of the molecule is CC(C)(C)n1cc(C[C@@H](NC(=O)CC[C@@H](N)C(=O)O)C(=O)O)c2ccccc21.N[C@@H]1CCC(=O)N([C@H](Cc2c[nH]c3ccccc23)C(=O)O)C1=O. The van der Waals surface area contributed by atoms with Gasteiger partial charge in [0.1, 0.15) is 18.1 Å². The first-order valence-corrected chi connectivity index (χ1v) is 16.5. The first kappa shape index (κ1) is 38.3. The van der Waals surface area contributed by atoms with Crippen molar-refractivity contribution >= 4 is 57.4 Å². The van der Waals surface area contributed by atoms with Crippen LogP contribution in [0.5, 0.6) is 0 Å². The van der Waals surface area contributed by atoms with Gasteiger partial charge in [-0.2, -0.15) is 0 Å². The highest BCUT2D eigenvalue weighted by atomic mass is 16.4. The van der Waals surface area contributed by atoms with Crippen molar-refractivity contribution < 1.29 is 44.1 Å². The molecule has 15 nitrogen and oxygen atoms in total. The number of H-pyrrole nitrogens is 1. The Hall–Kier alpha value is -5.54. The van der Waals surface area contributed by atoms with E-state index in [0.29, 0.717) is 0 Å². The second kappa shape index (κ2) is 16.0. The number of hydrogen-bond acceptors (Lipinski definition) is 8. The number of para-hydroxylation sites is 2. The van der Waals surface area contributed by atoms with E-state index < -0.39 is 59.8 Å². The van der Waals surface area contributed by atoms with E-state index in [0.717, 1.165) is 37.8 Å². The zero-order valence-electron chi connectivity index (χ0n) is 28.7. The van der Waals surface area contributed by atoms with Gasteiger partial charge in [-0.05, 0) is 56.9 Å². The summed E-state index contributed by atoms with van der Waals surface area (Å²) < 4.78 is 2.09. The van der Waals surface area contributed by atoms with Crippen molar-refractivity contribution in [2.24, 2.45) is 11.5 Å². The summed E-state index contributed by atoms with van der Waals surface area (Å²) in [6.07, 6.45) is 3.93. The van der Waals surface area contributed by atoms with Gasteiger partial charge in [-0.1, -0.05) is 36.4 Å². The van der Waals surface area contributed by atoms with Gasteiger partial charge < -0.3 is 41.7 Å². The van der Waals surface area contributed by atoms with Crippen LogP contribution in [0.3, 0.4) is 0 Å². The number of aromatic amines is 1. The smallest absolute Gasteiger partial charge is 0.327 e. The zero-order valence-corrected chi connectivity index (χ0v) is 28.7. The molecule has 0 radical (unpaired) electrons. The minimum atomic E-state index is -1.25. The molecular formula is C36H44N6O9. The molecule has 5 rings (SSSR count). The van der Waals surface area contributed by atoms with E-state index in [-0.39, 0.29) is 44.1 Å². The molecule has 4 aromatic rings. The van der Waals surface area contributed by atoms with Crippen LogP contribution in [0.15, 0.2) is 60.9 Å². The molecule has 0 unspecified atom stereocenters. The summed E-state index contributed by atoms with van der Waals surface area (Å²) >= 11 is 0. The number of nitrogens with zero attached hydrogens (tertiary/aromatic N) is 2. The number of fused-ring (bicyclic) bond motifs is 2. The number of carboxylic acid groups (broad SMARTS) is 3. The third-order valence-electron chi connectivity index (χ3n) is 8.75. The lowest BCUT2D eigenvalue weighted by Gasteiger charge is -2.33. The summed E-state index contributed by atoms with van der Waals surface area (Å²) in [7, 11) is 0. The highest BCUT2D eigenvalue weighted by molar-refractivity contribution is 6.03. The Labute approximate surface area is 293 Å². The van der Waals surface area contributed by atoms with E-state index in [1.165, 1.54) is 0 Å². The Morgan fingerprint density at radius 2 is 1.57 bits per heavy atom. The van der Waals surface area contributed by atoms with Gasteiger partial charge in [0.25, 0.3) is 0 Å². The molecule has 0 spiro atoms. The lowest BCUT2D eigenvalue weighted by atomic mass is 9.98. The minimum absolute atomic E-state index is 0.0452. The third-order valence-corrected chi connectivity index (χ3v) is 8.75. The number of aliphatic carboxylic acids is 3. The fourth-order valence-electron chi connectivity index (χ4n) is 6.01. The van der Waals surface area contributed by atoms with Gasteiger partial charge >= 0.3 is 17.9 Å². The number of nitrogens with one attached hydrogen (secondary N) is 2. The number of carboxylic acids is 3. The van der Waals surface area contributed by atoms with Crippen molar-refractivity contribution in [2.75, 3.05) is 0 Å². The number of piperidine rings is 1. The van der Waals surface area contributed by atoms with Crippen LogP contribution in [0, 0.1) is 0 Å². The van der Waals surface area contributed by atoms with Crippen LogP contribution >= 0.6 is 0 Å². The number of carbonyl (C=O) groups excluding carboxylic acids is 3. The number of nitrogens with two attached hydrogens (primary N) is 2. The van der Waals surface area contributed by atoms with Crippen molar-refractivity contribution in [3.05, 3.63) is 72.1 Å². The first-order valence-electron chi connectivity index (χ1n) is 16.5. The number of amides is 3. The number of rotatable bonds is 12. The van der Waals surface area contributed by atoms with E-state index in [4.69, 9.17) is 16.6 Å². The minimum Gasteiger partial charge on any atom is -0.480 e. The molecule has 4 atom stereocenters. The van der Waals surface area contributed by atoms with Crippen molar-refractivity contribution in [3.8, 4) is 0 Å². The Kier molecular flexibility index (Phi) is 12.0. The predicted octanol–water partition coefficient (Wildman–Crippen LogP) is 2.34. The van der Waals surface area contributed by atoms with Gasteiger partial charge in [-0.3, -0.25) is 24.1 Å². The Balaban J connectivity index is 0.000000233. The lowest BCUT2D eigenvalue weighted by Crippen LogP contribution is -2.58. The molecule has 3 amide bonds. The van der Waals surface area contributed by atoms with Crippen LogP contribution in [0.4, 0.5) is 0 Å². The topological polar surface area (TPSA) is 251 Å². The van der Waals surface area contributed by atoms with Crippen molar-refractivity contribution in [1.82, 2.24) is 19.8 Å². The number of likely N-dealkylation sites (tertiary alicyclic amines) is 1. The quantitative estimate of drug-likeness (QED) is 0.105. The van der Waals surface area contributed by atoms with E-state index in [9.17, 15) is 39.0 Å². The number of benzene rings is 2. The molecule has 1 fully saturated rings. The summed E-state index contributed by atoms with van der Waals surface area (Å²) in [5, 5.41) is 32.1. The Bertz CT molecular complexity index is 1940.